The lowest BCUT2D eigenvalue weighted by atomic mass is 10.0. The second kappa shape index (κ2) is 7.74. The number of urea groups is 1. The molecule has 1 aliphatic rings. The molecule has 1 saturated carbocycles. The van der Waals surface area contributed by atoms with Crippen LogP contribution in [0, 0.1) is 5.92 Å². The summed E-state index contributed by atoms with van der Waals surface area (Å²) in [4.78, 5) is 22.2. The third kappa shape index (κ3) is 5.21. The molecular formula is C13H22N2O3. The molecule has 18 heavy (non-hydrogen) atoms. The molecule has 0 radical (unpaired) electrons. The average molecular weight is 254 g/mol. The molecule has 5 heteroatoms. The van der Waals surface area contributed by atoms with Crippen molar-refractivity contribution in [1.29, 1.82) is 0 Å². The van der Waals surface area contributed by atoms with E-state index in [4.69, 9.17) is 0 Å². The molecule has 1 fully saturated rings. The van der Waals surface area contributed by atoms with Gasteiger partial charge in [-0.15, -0.1) is 0 Å². The van der Waals surface area contributed by atoms with Crippen molar-refractivity contribution in [2.24, 2.45) is 5.92 Å². The molecule has 0 unspecified atom stereocenters. The average Bonchev–Trinajstić information content (AvgIpc) is 2.89. The summed E-state index contributed by atoms with van der Waals surface area (Å²) in [5, 5.41) is 5.29. The highest BCUT2D eigenvalue weighted by atomic mass is 16.5. The lowest BCUT2D eigenvalue weighted by Crippen LogP contribution is -2.34. The van der Waals surface area contributed by atoms with E-state index in [9.17, 15) is 9.59 Å². The van der Waals surface area contributed by atoms with E-state index in [1.54, 1.807) is 6.20 Å². The summed E-state index contributed by atoms with van der Waals surface area (Å²) in [5.41, 5.74) is 1.22. The summed E-state index contributed by atoms with van der Waals surface area (Å²) in [5.74, 6) is 0.286. The van der Waals surface area contributed by atoms with Gasteiger partial charge in [0, 0.05) is 12.7 Å². The van der Waals surface area contributed by atoms with Crippen LogP contribution in [0.3, 0.4) is 0 Å². The topological polar surface area (TPSA) is 67.4 Å². The third-order valence-corrected chi connectivity index (χ3v) is 3.27. The first-order valence-corrected chi connectivity index (χ1v) is 6.41. The number of carbonyl (C=O) groups excluding carboxylic acids is 2. The number of amides is 2. The molecule has 1 rings (SSSR count). The zero-order valence-electron chi connectivity index (χ0n) is 11.1. The van der Waals surface area contributed by atoms with E-state index < -0.39 is 0 Å². The van der Waals surface area contributed by atoms with Crippen LogP contribution in [0.1, 0.15) is 39.0 Å². The zero-order chi connectivity index (χ0) is 13.4. The highest BCUT2D eigenvalue weighted by Crippen LogP contribution is 2.30. The molecule has 2 N–H and O–H groups in total. The Hall–Kier alpha value is -1.52. The molecule has 1 aliphatic carbocycles. The number of methoxy groups -OCH3 is 1. The van der Waals surface area contributed by atoms with Gasteiger partial charge < -0.3 is 15.4 Å². The van der Waals surface area contributed by atoms with Crippen LogP contribution in [-0.4, -0.2) is 25.7 Å². The maximum absolute atomic E-state index is 11.4. The van der Waals surface area contributed by atoms with E-state index in [2.05, 4.69) is 15.4 Å². The maximum Gasteiger partial charge on any atom is 0.318 e. The third-order valence-electron chi connectivity index (χ3n) is 3.27. The number of carbonyl (C=O) groups is 2. The number of allylic oxidation sites excluding steroid dienone is 1. The zero-order valence-corrected chi connectivity index (χ0v) is 11.1. The number of nitrogens with one attached hydrogen (secondary N) is 2. The van der Waals surface area contributed by atoms with Gasteiger partial charge in [0.15, 0.2) is 0 Å². The van der Waals surface area contributed by atoms with Crippen LogP contribution in [0.5, 0.6) is 0 Å². The van der Waals surface area contributed by atoms with Crippen molar-refractivity contribution in [3.05, 3.63) is 11.8 Å². The first-order chi connectivity index (χ1) is 8.63. The Morgan fingerprint density at radius 1 is 1.33 bits per heavy atom. The maximum atomic E-state index is 11.4. The smallest absolute Gasteiger partial charge is 0.318 e. The molecule has 0 spiro atoms. The summed E-state index contributed by atoms with van der Waals surface area (Å²) in [6, 6.07) is -0.281. The van der Waals surface area contributed by atoms with Crippen molar-refractivity contribution in [2.75, 3.05) is 13.7 Å². The molecule has 2 amide bonds. The molecule has 0 aliphatic heterocycles. The summed E-state index contributed by atoms with van der Waals surface area (Å²) < 4.78 is 4.48. The van der Waals surface area contributed by atoms with Crippen molar-refractivity contribution in [1.82, 2.24) is 10.6 Å². The second-order valence-electron chi connectivity index (χ2n) is 4.60. The Labute approximate surface area is 108 Å². The van der Waals surface area contributed by atoms with Crippen LogP contribution in [0.25, 0.3) is 0 Å². The fourth-order valence-electron chi connectivity index (χ4n) is 2.11. The van der Waals surface area contributed by atoms with E-state index in [-0.39, 0.29) is 25.0 Å². The molecule has 5 nitrogen and oxygen atoms in total. The van der Waals surface area contributed by atoms with Crippen LogP contribution >= 0.6 is 0 Å². The minimum absolute atomic E-state index is 0.190. The van der Waals surface area contributed by atoms with Gasteiger partial charge in [0.2, 0.25) is 0 Å². The van der Waals surface area contributed by atoms with E-state index in [1.807, 2.05) is 6.92 Å². The van der Waals surface area contributed by atoms with E-state index in [0.29, 0.717) is 5.92 Å². The molecule has 0 heterocycles. The summed E-state index contributed by atoms with van der Waals surface area (Å²) in [6.07, 6.45) is 6.95. The number of esters is 1. The summed E-state index contributed by atoms with van der Waals surface area (Å²) >= 11 is 0. The van der Waals surface area contributed by atoms with Gasteiger partial charge in [-0.25, -0.2) is 4.79 Å². The van der Waals surface area contributed by atoms with Crippen LogP contribution in [0.2, 0.25) is 0 Å². The summed E-state index contributed by atoms with van der Waals surface area (Å²) in [7, 11) is 1.33. The van der Waals surface area contributed by atoms with Gasteiger partial charge >= 0.3 is 12.0 Å². The molecule has 0 bridgehead atoms. The molecule has 0 aromatic heterocycles. The van der Waals surface area contributed by atoms with Crippen molar-refractivity contribution >= 4 is 12.0 Å². The number of rotatable bonds is 5. The molecule has 102 valence electrons. The highest BCUT2D eigenvalue weighted by molar-refractivity contribution is 5.76. The van der Waals surface area contributed by atoms with Gasteiger partial charge in [-0.1, -0.05) is 18.4 Å². The van der Waals surface area contributed by atoms with E-state index in [0.717, 1.165) is 0 Å². The number of ether oxygens (including phenoxy) is 1. The fraction of sp³-hybridized carbons (Fsp3) is 0.692. The first kappa shape index (κ1) is 14.5. The van der Waals surface area contributed by atoms with Gasteiger partial charge in [-0.2, -0.15) is 0 Å². The predicted molar refractivity (Wildman–Crippen MR) is 68.9 cm³/mol. The normalized spacial score (nSPS) is 16.4. The fourth-order valence-corrected chi connectivity index (χ4v) is 2.11. The Bertz CT molecular complexity index is 320. The SMILES string of the molecule is COC(=O)CCNC(=O)N/C=C(\C)C1CCCC1. The standard InChI is InChI=1S/C13H22N2O3/c1-10(11-5-3-4-6-11)9-15-13(17)14-8-7-12(16)18-2/h9,11H,3-8H2,1-2H3,(H2,14,15,17)/b10-9+. The van der Waals surface area contributed by atoms with Crippen LogP contribution in [0.15, 0.2) is 11.8 Å². The van der Waals surface area contributed by atoms with Gasteiger partial charge in [0.1, 0.15) is 0 Å². The van der Waals surface area contributed by atoms with Crippen molar-refractivity contribution < 1.29 is 14.3 Å². The van der Waals surface area contributed by atoms with Crippen LogP contribution < -0.4 is 10.6 Å². The van der Waals surface area contributed by atoms with Gasteiger partial charge in [-0.05, 0) is 25.7 Å². The van der Waals surface area contributed by atoms with Crippen molar-refractivity contribution in [2.45, 2.75) is 39.0 Å². The molecule has 0 saturated heterocycles. The first-order valence-electron chi connectivity index (χ1n) is 6.41. The van der Waals surface area contributed by atoms with Gasteiger partial charge in [-0.3, -0.25) is 4.79 Å². The van der Waals surface area contributed by atoms with Crippen molar-refractivity contribution in [3.8, 4) is 0 Å². The van der Waals surface area contributed by atoms with E-state index in [1.165, 1.54) is 38.4 Å². The minimum Gasteiger partial charge on any atom is -0.469 e. The molecular weight excluding hydrogens is 232 g/mol. The quantitative estimate of drug-likeness (QED) is 0.737. The summed E-state index contributed by atoms with van der Waals surface area (Å²) in [6.45, 7) is 2.33. The van der Waals surface area contributed by atoms with Crippen LogP contribution in [-0.2, 0) is 9.53 Å². The lowest BCUT2D eigenvalue weighted by molar-refractivity contribution is -0.140. The predicted octanol–water partition coefficient (Wildman–Crippen LogP) is 1.94. The van der Waals surface area contributed by atoms with Gasteiger partial charge in [0.05, 0.1) is 13.5 Å². The molecule has 0 atom stereocenters. The van der Waals surface area contributed by atoms with Crippen molar-refractivity contribution in [3.63, 3.8) is 0 Å². The highest BCUT2D eigenvalue weighted by Gasteiger charge is 2.16. The molecule has 0 aromatic rings. The molecule has 0 aromatic carbocycles. The minimum atomic E-state index is -0.326. The number of hydrogen-bond donors (Lipinski definition) is 2. The monoisotopic (exact) mass is 254 g/mol. The van der Waals surface area contributed by atoms with E-state index >= 15 is 0 Å². The Morgan fingerprint density at radius 3 is 2.61 bits per heavy atom. The largest absolute Gasteiger partial charge is 0.469 e. The number of hydrogen-bond acceptors (Lipinski definition) is 3. The van der Waals surface area contributed by atoms with Crippen LogP contribution in [0.4, 0.5) is 4.79 Å². The Balaban J connectivity index is 2.19. The Kier molecular flexibility index (Phi) is 6.25. The second-order valence-corrected chi connectivity index (χ2v) is 4.60. The Morgan fingerprint density at radius 2 is 2.00 bits per heavy atom. The lowest BCUT2D eigenvalue weighted by Gasteiger charge is -2.10. The van der Waals surface area contributed by atoms with Gasteiger partial charge in [0.25, 0.3) is 0 Å².